The van der Waals surface area contributed by atoms with Gasteiger partial charge in [-0.25, -0.2) is 4.39 Å². The molecule has 0 aliphatic rings. The highest BCUT2D eigenvalue weighted by molar-refractivity contribution is 5.22. The van der Waals surface area contributed by atoms with Crippen LogP contribution in [-0.4, -0.2) is 23.5 Å². The minimum absolute atomic E-state index is 0.235. The minimum Gasteiger partial charge on any atom is -0.286 e. The van der Waals surface area contributed by atoms with Crippen molar-refractivity contribution in [3.8, 4) is 6.07 Å². The third-order valence-corrected chi connectivity index (χ3v) is 3.39. The zero-order valence-corrected chi connectivity index (χ0v) is 12.1. The number of rotatable bonds is 7. The van der Waals surface area contributed by atoms with Gasteiger partial charge in [-0.05, 0) is 50.6 Å². The van der Waals surface area contributed by atoms with E-state index in [2.05, 4.69) is 24.8 Å². The average Bonchev–Trinajstić information content (AvgIpc) is 2.41. The lowest BCUT2D eigenvalue weighted by molar-refractivity contribution is 0.151. The second-order valence-electron chi connectivity index (χ2n) is 5.18. The third kappa shape index (κ3) is 4.33. The Bertz CT molecular complexity index is 415. The average molecular weight is 262 g/mol. The molecule has 1 unspecified atom stereocenters. The number of halogens is 1. The molecule has 0 amide bonds. The van der Waals surface area contributed by atoms with Gasteiger partial charge in [0.2, 0.25) is 0 Å². The zero-order valence-electron chi connectivity index (χ0n) is 12.1. The molecule has 0 saturated heterocycles. The molecule has 1 rings (SSSR count). The predicted octanol–water partition coefficient (Wildman–Crippen LogP) is 3.77. The van der Waals surface area contributed by atoms with E-state index in [1.165, 1.54) is 12.1 Å². The van der Waals surface area contributed by atoms with E-state index in [-0.39, 0.29) is 5.82 Å². The SMILES string of the molecule is CCCN(CCC)C(C)(C#N)Cc1ccc(F)cc1. The maximum Gasteiger partial charge on any atom is 0.123 e. The molecule has 1 aromatic rings. The molecule has 104 valence electrons. The van der Waals surface area contributed by atoms with Crippen molar-refractivity contribution < 1.29 is 4.39 Å². The zero-order chi connectivity index (χ0) is 14.3. The van der Waals surface area contributed by atoms with E-state index in [1.54, 1.807) is 12.1 Å². The lowest BCUT2D eigenvalue weighted by Crippen LogP contribution is -2.47. The first-order chi connectivity index (χ1) is 9.05. The predicted molar refractivity (Wildman–Crippen MR) is 76.3 cm³/mol. The van der Waals surface area contributed by atoms with Crippen LogP contribution in [0.2, 0.25) is 0 Å². The van der Waals surface area contributed by atoms with Gasteiger partial charge in [-0.15, -0.1) is 0 Å². The molecule has 1 atom stereocenters. The number of hydrogen-bond acceptors (Lipinski definition) is 2. The molecule has 0 saturated carbocycles. The molecule has 0 bridgehead atoms. The van der Waals surface area contributed by atoms with Crippen molar-refractivity contribution in [2.75, 3.05) is 13.1 Å². The highest BCUT2D eigenvalue weighted by Gasteiger charge is 2.31. The fraction of sp³-hybridized carbons (Fsp3) is 0.562. The van der Waals surface area contributed by atoms with Crippen molar-refractivity contribution in [1.82, 2.24) is 4.90 Å². The summed E-state index contributed by atoms with van der Waals surface area (Å²) in [6, 6.07) is 8.88. The van der Waals surface area contributed by atoms with Gasteiger partial charge < -0.3 is 0 Å². The van der Waals surface area contributed by atoms with Crippen LogP contribution in [0.4, 0.5) is 4.39 Å². The molecule has 1 aromatic carbocycles. The van der Waals surface area contributed by atoms with Crippen LogP contribution in [0, 0.1) is 17.1 Å². The van der Waals surface area contributed by atoms with Gasteiger partial charge in [0.15, 0.2) is 0 Å². The summed E-state index contributed by atoms with van der Waals surface area (Å²) >= 11 is 0. The molecular formula is C16H23FN2. The Morgan fingerprint density at radius 2 is 1.68 bits per heavy atom. The Balaban J connectivity index is 2.89. The Morgan fingerprint density at radius 3 is 2.11 bits per heavy atom. The molecule has 0 aliphatic heterocycles. The molecular weight excluding hydrogens is 239 g/mol. The summed E-state index contributed by atoms with van der Waals surface area (Å²) in [4.78, 5) is 2.23. The van der Waals surface area contributed by atoms with Crippen LogP contribution < -0.4 is 0 Å². The van der Waals surface area contributed by atoms with E-state index in [0.29, 0.717) is 6.42 Å². The number of benzene rings is 1. The summed E-state index contributed by atoms with van der Waals surface area (Å²) in [6.45, 7) is 8.05. The van der Waals surface area contributed by atoms with Crippen LogP contribution >= 0.6 is 0 Å². The van der Waals surface area contributed by atoms with Gasteiger partial charge in [-0.1, -0.05) is 26.0 Å². The van der Waals surface area contributed by atoms with E-state index in [4.69, 9.17) is 0 Å². The minimum atomic E-state index is -0.524. The van der Waals surface area contributed by atoms with Gasteiger partial charge in [0.1, 0.15) is 11.4 Å². The van der Waals surface area contributed by atoms with Gasteiger partial charge in [0, 0.05) is 6.42 Å². The quantitative estimate of drug-likeness (QED) is 0.748. The second-order valence-corrected chi connectivity index (χ2v) is 5.18. The van der Waals surface area contributed by atoms with Crippen molar-refractivity contribution in [1.29, 1.82) is 5.26 Å². The normalized spacial score (nSPS) is 14.1. The Kier molecular flexibility index (Phi) is 5.98. The van der Waals surface area contributed by atoms with Crippen LogP contribution in [0.15, 0.2) is 24.3 Å². The van der Waals surface area contributed by atoms with E-state index >= 15 is 0 Å². The molecule has 0 heterocycles. The number of nitriles is 1. The summed E-state index contributed by atoms with van der Waals surface area (Å²) in [5.74, 6) is -0.235. The molecule has 0 spiro atoms. The molecule has 0 fully saturated rings. The Hall–Kier alpha value is -1.40. The molecule has 0 radical (unpaired) electrons. The first-order valence-corrected chi connectivity index (χ1v) is 6.96. The molecule has 0 aliphatic carbocycles. The van der Waals surface area contributed by atoms with Crippen molar-refractivity contribution in [2.24, 2.45) is 0 Å². The van der Waals surface area contributed by atoms with Crippen molar-refractivity contribution >= 4 is 0 Å². The number of hydrogen-bond donors (Lipinski definition) is 0. The smallest absolute Gasteiger partial charge is 0.123 e. The topological polar surface area (TPSA) is 27.0 Å². The van der Waals surface area contributed by atoms with Gasteiger partial charge >= 0.3 is 0 Å². The van der Waals surface area contributed by atoms with Crippen molar-refractivity contribution in [3.05, 3.63) is 35.6 Å². The molecule has 3 heteroatoms. The van der Waals surface area contributed by atoms with Crippen LogP contribution in [-0.2, 0) is 6.42 Å². The summed E-state index contributed by atoms with van der Waals surface area (Å²) in [5.41, 5.74) is 0.479. The molecule has 19 heavy (non-hydrogen) atoms. The monoisotopic (exact) mass is 262 g/mol. The third-order valence-electron chi connectivity index (χ3n) is 3.39. The lowest BCUT2D eigenvalue weighted by Gasteiger charge is -2.36. The van der Waals surface area contributed by atoms with Crippen LogP contribution in [0.5, 0.6) is 0 Å². The fourth-order valence-electron chi connectivity index (χ4n) is 2.37. The van der Waals surface area contributed by atoms with Gasteiger partial charge in [0.25, 0.3) is 0 Å². The summed E-state index contributed by atoms with van der Waals surface area (Å²) in [5, 5.41) is 9.56. The van der Waals surface area contributed by atoms with E-state index < -0.39 is 5.54 Å². The van der Waals surface area contributed by atoms with Crippen LogP contribution in [0.1, 0.15) is 39.2 Å². The first kappa shape index (κ1) is 15.7. The standard InChI is InChI=1S/C16H23FN2/c1-4-10-19(11-5-2)16(3,13-18)12-14-6-8-15(17)9-7-14/h6-9H,4-5,10-12H2,1-3H3. The molecule has 0 aromatic heterocycles. The Morgan fingerprint density at radius 1 is 1.16 bits per heavy atom. The first-order valence-electron chi connectivity index (χ1n) is 6.96. The number of nitrogens with zero attached hydrogens (tertiary/aromatic N) is 2. The molecule has 2 nitrogen and oxygen atoms in total. The second kappa shape index (κ2) is 7.25. The van der Waals surface area contributed by atoms with E-state index in [1.807, 2.05) is 6.92 Å². The van der Waals surface area contributed by atoms with Gasteiger partial charge in [-0.3, -0.25) is 4.90 Å². The summed E-state index contributed by atoms with van der Waals surface area (Å²) < 4.78 is 12.9. The highest BCUT2D eigenvalue weighted by atomic mass is 19.1. The maximum absolute atomic E-state index is 12.9. The Labute approximate surface area is 115 Å². The van der Waals surface area contributed by atoms with Crippen molar-refractivity contribution in [3.63, 3.8) is 0 Å². The summed E-state index contributed by atoms with van der Waals surface area (Å²) in [6.07, 6.45) is 2.69. The fourth-order valence-corrected chi connectivity index (χ4v) is 2.37. The van der Waals surface area contributed by atoms with Crippen molar-refractivity contribution in [2.45, 2.75) is 45.6 Å². The lowest BCUT2D eigenvalue weighted by atomic mass is 9.91. The largest absolute Gasteiger partial charge is 0.286 e. The summed E-state index contributed by atoms with van der Waals surface area (Å²) in [7, 11) is 0. The van der Waals surface area contributed by atoms with E-state index in [0.717, 1.165) is 31.5 Å². The highest BCUT2D eigenvalue weighted by Crippen LogP contribution is 2.21. The van der Waals surface area contributed by atoms with Crippen LogP contribution in [0.3, 0.4) is 0 Å². The molecule has 0 N–H and O–H groups in total. The van der Waals surface area contributed by atoms with Crippen LogP contribution in [0.25, 0.3) is 0 Å². The van der Waals surface area contributed by atoms with Gasteiger partial charge in [0.05, 0.1) is 6.07 Å². The van der Waals surface area contributed by atoms with Gasteiger partial charge in [-0.2, -0.15) is 5.26 Å². The van der Waals surface area contributed by atoms with E-state index in [9.17, 15) is 9.65 Å². The maximum atomic E-state index is 12.9.